The summed E-state index contributed by atoms with van der Waals surface area (Å²) in [5, 5.41) is 0.503. The quantitative estimate of drug-likeness (QED) is 0.273. The Kier molecular flexibility index (Phi) is 8.47. The van der Waals surface area contributed by atoms with Gasteiger partial charge in [0, 0.05) is 13.2 Å². The second-order valence-corrected chi connectivity index (χ2v) is 9.83. The molecule has 36 heavy (non-hydrogen) atoms. The number of rotatable bonds is 12. The minimum absolute atomic E-state index is 0.124. The Labute approximate surface area is 213 Å². The first kappa shape index (κ1) is 26.0. The molecule has 0 N–H and O–H groups in total. The average molecular weight is 492 g/mol. The number of hydrogen-bond donors (Lipinski definition) is 0. The van der Waals surface area contributed by atoms with Gasteiger partial charge in [-0.3, -0.25) is 9.59 Å². The van der Waals surface area contributed by atoms with Crippen LogP contribution in [0.15, 0.2) is 51.7 Å². The van der Waals surface area contributed by atoms with Crippen LogP contribution in [0.2, 0.25) is 0 Å². The largest absolute Gasteiger partial charge is 0.494 e. The zero-order chi connectivity index (χ0) is 25.7. The van der Waals surface area contributed by atoms with Crippen LogP contribution in [-0.4, -0.2) is 36.7 Å². The second-order valence-electron chi connectivity index (χ2n) is 9.83. The van der Waals surface area contributed by atoms with E-state index in [4.69, 9.17) is 13.9 Å². The first-order valence-corrected chi connectivity index (χ1v) is 13.1. The fourth-order valence-corrected chi connectivity index (χ4v) is 4.73. The summed E-state index contributed by atoms with van der Waals surface area (Å²) in [7, 11) is 0. The van der Waals surface area contributed by atoms with E-state index in [2.05, 4.69) is 6.92 Å². The molecule has 1 atom stereocenters. The van der Waals surface area contributed by atoms with Crippen LogP contribution in [-0.2, 0) is 4.74 Å². The number of aryl methyl sites for hydroxylation is 1. The molecule has 3 aromatic rings. The predicted molar refractivity (Wildman–Crippen MR) is 142 cm³/mol. The molecule has 6 nitrogen and oxygen atoms in total. The molecule has 2 aromatic carbocycles. The molecule has 1 aliphatic rings. The van der Waals surface area contributed by atoms with Crippen molar-refractivity contribution in [2.75, 3.05) is 19.8 Å². The third-order valence-corrected chi connectivity index (χ3v) is 6.58. The summed E-state index contributed by atoms with van der Waals surface area (Å²) in [6.07, 6.45) is 5.39. The molecule has 0 saturated heterocycles. The molecule has 4 rings (SSSR count). The lowest BCUT2D eigenvalue weighted by atomic mass is 9.98. The van der Waals surface area contributed by atoms with E-state index >= 15 is 0 Å². The number of unbranched alkanes of at least 4 members (excludes halogenated alkanes) is 3. The molecule has 1 amide bonds. The van der Waals surface area contributed by atoms with Gasteiger partial charge >= 0.3 is 0 Å². The molecular formula is C30H37NO5. The molecule has 0 fully saturated rings. The van der Waals surface area contributed by atoms with Crippen molar-refractivity contribution in [1.82, 2.24) is 4.90 Å². The Morgan fingerprint density at radius 3 is 2.47 bits per heavy atom. The van der Waals surface area contributed by atoms with Crippen molar-refractivity contribution < 1.29 is 18.7 Å². The monoisotopic (exact) mass is 491 g/mol. The van der Waals surface area contributed by atoms with Gasteiger partial charge in [0.05, 0.1) is 29.7 Å². The van der Waals surface area contributed by atoms with Gasteiger partial charge in [0.2, 0.25) is 5.76 Å². The van der Waals surface area contributed by atoms with E-state index in [0.717, 1.165) is 29.7 Å². The molecule has 192 valence electrons. The minimum atomic E-state index is -0.508. The third kappa shape index (κ3) is 5.65. The molecular weight excluding hydrogens is 454 g/mol. The van der Waals surface area contributed by atoms with Crippen LogP contribution in [0.1, 0.15) is 86.2 Å². The summed E-state index contributed by atoms with van der Waals surface area (Å²) in [5.41, 5.74) is 2.54. The van der Waals surface area contributed by atoms with Crippen molar-refractivity contribution in [3.63, 3.8) is 0 Å². The summed E-state index contributed by atoms with van der Waals surface area (Å²) in [5.74, 6) is 0.676. The Balaban J connectivity index is 1.65. The second kappa shape index (κ2) is 11.7. The fraction of sp³-hybridized carbons (Fsp3) is 0.467. The minimum Gasteiger partial charge on any atom is -0.494 e. The molecule has 0 bridgehead atoms. The fourth-order valence-electron chi connectivity index (χ4n) is 4.73. The van der Waals surface area contributed by atoms with Crippen LogP contribution in [0.5, 0.6) is 5.75 Å². The van der Waals surface area contributed by atoms with Crippen molar-refractivity contribution in [3.05, 3.63) is 75.1 Å². The topological polar surface area (TPSA) is 69.0 Å². The van der Waals surface area contributed by atoms with Crippen LogP contribution >= 0.6 is 0 Å². The van der Waals surface area contributed by atoms with Gasteiger partial charge in [0.15, 0.2) is 5.43 Å². The number of hydrogen-bond acceptors (Lipinski definition) is 5. The molecule has 1 unspecified atom stereocenters. The number of carbonyl (C=O) groups excluding carboxylic acids is 1. The van der Waals surface area contributed by atoms with Crippen molar-refractivity contribution in [2.24, 2.45) is 0 Å². The van der Waals surface area contributed by atoms with Gasteiger partial charge in [-0.2, -0.15) is 0 Å². The Hall–Kier alpha value is -3.12. The molecule has 6 heteroatoms. The first-order chi connectivity index (χ1) is 17.4. The highest BCUT2D eigenvalue weighted by atomic mass is 16.5. The SMILES string of the molecule is CCCCCCOc1ccc(C2c3c(oc4ccc(C)cc4c3=O)C(=O)N2CCCOC(C)C)cc1. The molecule has 0 saturated carbocycles. The maximum atomic E-state index is 13.7. The average Bonchev–Trinajstić information content (AvgIpc) is 3.14. The van der Waals surface area contributed by atoms with Gasteiger partial charge in [0.25, 0.3) is 5.91 Å². The Bertz CT molecular complexity index is 1240. The zero-order valence-corrected chi connectivity index (χ0v) is 21.8. The van der Waals surface area contributed by atoms with E-state index in [1.807, 2.05) is 57.2 Å². The molecule has 0 spiro atoms. The highest BCUT2D eigenvalue weighted by Crippen LogP contribution is 2.38. The van der Waals surface area contributed by atoms with Gasteiger partial charge in [-0.05, 0) is 63.4 Å². The summed E-state index contributed by atoms with van der Waals surface area (Å²) in [6.45, 7) is 9.80. The van der Waals surface area contributed by atoms with Gasteiger partial charge in [-0.1, -0.05) is 49.9 Å². The number of carbonyl (C=O) groups is 1. The Morgan fingerprint density at radius 1 is 0.972 bits per heavy atom. The lowest BCUT2D eigenvalue weighted by Crippen LogP contribution is -2.31. The lowest BCUT2D eigenvalue weighted by molar-refractivity contribution is 0.0593. The summed E-state index contributed by atoms with van der Waals surface area (Å²) < 4.78 is 17.6. The molecule has 2 heterocycles. The van der Waals surface area contributed by atoms with E-state index in [-0.39, 0.29) is 23.2 Å². The van der Waals surface area contributed by atoms with Gasteiger partial charge in [0.1, 0.15) is 11.3 Å². The molecule has 0 aliphatic carbocycles. The van der Waals surface area contributed by atoms with Crippen LogP contribution in [0.3, 0.4) is 0 Å². The summed E-state index contributed by atoms with van der Waals surface area (Å²) >= 11 is 0. The van der Waals surface area contributed by atoms with Crippen molar-refractivity contribution in [3.8, 4) is 5.75 Å². The summed E-state index contributed by atoms with van der Waals surface area (Å²) in [6, 6.07) is 12.7. The van der Waals surface area contributed by atoms with Crippen molar-refractivity contribution in [2.45, 2.75) is 71.9 Å². The van der Waals surface area contributed by atoms with Crippen LogP contribution < -0.4 is 10.2 Å². The number of nitrogens with zero attached hydrogens (tertiary/aromatic N) is 1. The van der Waals surface area contributed by atoms with E-state index in [0.29, 0.717) is 42.7 Å². The van der Waals surface area contributed by atoms with Gasteiger partial charge in [-0.15, -0.1) is 0 Å². The van der Waals surface area contributed by atoms with E-state index in [9.17, 15) is 9.59 Å². The zero-order valence-electron chi connectivity index (χ0n) is 21.8. The maximum Gasteiger partial charge on any atom is 0.290 e. The normalized spacial score (nSPS) is 15.2. The van der Waals surface area contributed by atoms with Gasteiger partial charge in [-0.25, -0.2) is 0 Å². The van der Waals surface area contributed by atoms with Crippen LogP contribution in [0, 0.1) is 6.92 Å². The molecule has 0 radical (unpaired) electrons. The van der Waals surface area contributed by atoms with Crippen LogP contribution in [0.25, 0.3) is 11.0 Å². The number of amides is 1. The molecule has 1 aliphatic heterocycles. The summed E-state index contributed by atoms with van der Waals surface area (Å²) in [4.78, 5) is 28.9. The highest BCUT2D eigenvalue weighted by molar-refractivity contribution is 5.99. The van der Waals surface area contributed by atoms with Crippen LogP contribution in [0.4, 0.5) is 0 Å². The van der Waals surface area contributed by atoms with E-state index < -0.39 is 6.04 Å². The predicted octanol–water partition coefficient (Wildman–Crippen LogP) is 6.42. The number of fused-ring (bicyclic) bond motifs is 2. The maximum absolute atomic E-state index is 13.7. The van der Waals surface area contributed by atoms with Crippen molar-refractivity contribution in [1.29, 1.82) is 0 Å². The third-order valence-electron chi connectivity index (χ3n) is 6.58. The smallest absolute Gasteiger partial charge is 0.290 e. The highest BCUT2D eigenvalue weighted by Gasteiger charge is 2.42. The van der Waals surface area contributed by atoms with E-state index in [1.165, 1.54) is 12.8 Å². The Morgan fingerprint density at radius 2 is 1.75 bits per heavy atom. The van der Waals surface area contributed by atoms with E-state index in [1.54, 1.807) is 11.0 Å². The molecule has 1 aromatic heterocycles. The number of ether oxygens (including phenoxy) is 2. The lowest BCUT2D eigenvalue weighted by Gasteiger charge is -2.25. The van der Waals surface area contributed by atoms with Crippen molar-refractivity contribution >= 4 is 16.9 Å². The first-order valence-electron chi connectivity index (χ1n) is 13.1. The van der Waals surface area contributed by atoms with Gasteiger partial charge < -0.3 is 18.8 Å². The number of benzene rings is 2. The standard InChI is InChI=1S/C30H37NO5/c1-5-6-7-8-17-35-23-13-11-22(12-14-23)27-26-28(32)24-19-21(4)10-15-25(24)36-29(26)30(33)31(27)16-9-18-34-20(2)3/h10-15,19-20,27H,5-9,16-18H2,1-4H3.